The number of rotatable bonds is 7. The van der Waals surface area contributed by atoms with E-state index in [2.05, 4.69) is 22.1 Å². The van der Waals surface area contributed by atoms with Gasteiger partial charge in [-0.25, -0.2) is 0 Å². The van der Waals surface area contributed by atoms with Crippen molar-refractivity contribution in [3.63, 3.8) is 0 Å². The summed E-state index contributed by atoms with van der Waals surface area (Å²) in [5.74, 6) is 0.692. The van der Waals surface area contributed by atoms with Gasteiger partial charge in [-0.3, -0.25) is 9.20 Å². The van der Waals surface area contributed by atoms with Crippen molar-refractivity contribution in [1.82, 2.24) is 14.6 Å². The molecule has 128 valence electrons. The monoisotopic (exact) mass is 336 g/mol. The van der Waals surface area contributed by atoms with Gasteiger partial charge in [0.1, 0.15) is 11.9 Å². The molecule has 0 saturated heterocycles. The van der Waals surface area contributed by atoms with Crippen molar-refractivity contribution in [1.29, 1.82) is 0 Å². The number of pyridine rings is 1. The number of nitrogens with one attached hydrogen (secondary N) is 1. The van der Waals surface area contributed by atoms with Crippen molar-refractivity contribution >= 4 is 17.2 Å². The van der Waals surface area contributed by atoms with Gasteiger partial charge >= 0.3 is 0 Å². The molecule has 1 N–H and O–H groups in total. The minimum absolute atomic E-state index is 0.182. The number of nitrogens with zero attached hydrogens (tertiary/aromatic N) is 3. The number of amides is 1. The van der Waals surface area contributed by atoms with Gasteiger partial charge in [-0.05, 0) is 36.8 Å². The summed E-state index contributed by atoms with van der Waals surface area (Å²) in [6.45, 7) is 5.63. The zero-order valence-corrected chi connectivity index (χ0v) is 14.1. The van der Waals surface area contributed by atoms with Crippen molar-refractivity contribution in [3.05, 3.63) is 72.7 Å². The molecule has 1 amide bonds. The van der Waals surface area contributed by atoms with Crippen molar-refractivity contribution in [2.24, 2.45) is 0 Å². The second-order valence-electron chi connectivity index (χ2n) is 5.67. The molecule has 2 heterocycles. The highest BCUT2D eigenvalue weighted by atomic mass is 16.5. The number of benzene rings is 1. The molecule has 6 heteroatoms. The fraction of sp³-hybridized carbons (Fsp3) is 0.211. The van der Waals surface area contributed by atoms with Gasteiger partial charge in [0.25, 0.3) is 5.91 Å². The third-order valence-electron chi connectivity index (χ3n) is 3.80. The summed E-state index contributed by atoms with van der Waals surface area (Å²) >= 11 is 0. The van der Waals surface area contributed by atoms with Crippen LogP contribution < -0.4 is 5.32 Å². The summed E-state index contributed by atoms with van der Waals surface area (Å²) in [5, 5.41) is 11.2. The van der Waals surface area contributed by atoms with Crippen molar-refractivity contribution in [2.75, 3.05) is 11.9 Å². The topological polar surface area (TPSA) is 68.5 Å². The van der Waals surface area contributed by atoms with Crippen LogP contribution in [0.15, 0.2) is 61.3 Å². The van der Waals surface area contributed by atoms with Gasteiger partial charge in [0.2, 0.25) is 0 Å². The first-order valence-electron chi connectivity index (χ1n) is 8.08. The van der Waals surface area contributed by atoms with Crippen LogP contribution in [-0.2, 0) is 16.0 Å². The summed E-state index contributed by atoms with van der Waals surface area (Å²) in [6, 6.07) is 13.5. The van der Waals surface area contributed by atoms with Crippen LogP contribution in [-0.4, -0.2) is 33.2 Å². The fourth-order valence-electron chi connectivity index (χ4n) is 2.43. The predicted molar refractivity (Wildman–Crippen MR) is 96.5 cm³/mol. The molecule has 0 spiro atoms. The Balaban J connectivity index is 1.64. The van der Waals surface area contributed by atoms with E-state index in [0.29, 0.717) is 13.0 Å². The minimum atomic E-state index is -0.528. The molecule has 25 heavy (non-hydrogen) atoms. The first kappa shape index (κ1) is 16.9. The molecule has 0 aliphatic rings. The third kappa shape index (κ3) is 4.10. The molecule has 6 nitrogen and oxygen atoms in total. The number of carbonyl (C=O) groups is 1. The maximum atomic E-state index is 12.0. The maximum Gasteiger partial charge on any atom is 0.253 e. The quantitative estimate of drug-likeness (QED) is 0.674. The van der Waals surface area contributed by atoms with Gasteiger partial charge in [0.15, 0.2) is 5.65 Å². The molecule has 0 aliphatic heterocycles. The normalized spacial score (nSPS) is 12.0. The average Bonchev–Trinajstić information content (AvgIpc) is 3.04. The highest BCUT2D eigenvalue weighted by molar-refractivity contribution is 5.93. The first-order valence-corrected chi connectivity index (χ1v) is 8.08. The van der Waals surface area contributed by atoms with Crippen LogP contribution in [0.25, 0.3) is 5.65 Å². The molecular weight excluding hydrogens is 316 g/mol. The van der Waals surface area contributed by atoms with Crippen LogP contribution in [0.2, 0.25) is 0 Å². The molecule has 1 aromatic carbocycles. The molecule has 3 rings (SSSR count). The second-order valence-corrected chi connectivity index (χ2v) is 5.67. The highest BCUT2D eigenvalue weighted by Crippen LogP contribution is 2.14. The van der Waals surface area contributed by atoms with Gasteiger partial charge in [-0.1, -0.05) is 24.3 Å². The molecule has 0 bridgehead atoms. The number of carbonyl (C=O) groups excluding carboxylic acids is 1. The Morgan fingerprint density at radius 1 is 1.28 bits per heavy atom. The van der Waals surface area contributed by atoms with E-state index in [4.69, 9.17) is 4.74 Å². The number of fused-ring (bicyclic) bond motifs is 1. The SMILES string of the molecule is C=CCO[C@H](C)C(=O)Nc1ccc(Cc2nnc3ccccn23)cc1. The summed E-state index contributed by atoms with van der Waals surface area (Å²) in [6.07, 6.45) is 3.70. The molecule has 2 aromatic heterocycles. The molecule has 1 atom stereocenters. The Hall–Kier alpha value is -2.99. The minimum Gasteiger partial charge on any atom is -0.365 e. The lowest BCUT2D eigenvalue weighted by molar-refractivity contribution is -0.125. The standard InChI is InChI=1S/C19H20N4O2/c1-3-12-25-14(2)19(24)20-16-9-7-15(8-10-16)13-18-22-21-17-6-4-5-11-23(17)18/h3-11,14H,1,12-13H2,2H3,(H,20,24)/t14-/m1/s1. The van der Waals surface area contributed by atoms with Gasteiger partial charge in [-0.15, -0.1) is 16.8 Å². The van der Waals surface area contributed by atoms with E-state index < -0.39 is 6.10 Å². The number of hydrogen-bond acceptors (Lipinski definition) is 4. The maximum absolute atomic E-state index is 12.0. The Labute approximate surface area is 146 Å². The summed E-state index contributed by atoms with van der Waals surface area (Å²) in [5.41, 5.74) is 2.65. The number of anilines is 1. The van der Waals surface area contributed by atoms with Gasteiger partial charge in [0, 0.05) is 18.3 Å². The zero-order chi connectivity index (χ0) is 17.6. The first-order chi connectivity index (χ1) is 12.2. The van der Waals surface area contributed by atoms with Crippen LogP contribution in [0.4, 0.5) is 5.69 Å². The average molecular weight is 336 g/mol. The smallest absolute Gasteiger partial charge is 0.253 e. The molecule has 0 radical (unpaired) electrons. The third-order valence-corrected chi connectivity index (χ3v) is 3.80. The largest absolute Gasteiger partial charge is 0.365 e. The Morgan fingerprint density at radius 3 is 2.84 bits per heavy atom. The lowest BCUT2D eigenvalue weighted by Crippen LogP contribution is -2.27. The second kappa shape index (κ2) is 7.72. The molecule has 0 aliphatic carbocycles. The van der Waals surface area contributed by atoms with Gasteiger partial charge in [-0.2, -0.15) is 0 Å². The van der Waals surface area contributed by atoms with E-state index in [0.717, 1.165) is 22.7 Å². The number of aromatic nitrogens is 3. The van der Waals surface area contributed by atoms with E-state index in [-0.39, 0.29) is 5.91 Å². The Bertz CT molecular complexity index is 871. The van der Waals surface area contributed by atoms with Crippen LogP contribution in [0.5, 0.6) is 0 Å². The van der Waals surface area contributed by atoms with Crippen LogP contribution in [0.1, 0.15) is 18.3 Å². The van der Waals surface area contributed by atoms with Crippen LogP contribution in [0.3, 0.4) is 0 Å². The number of hydrogen-bond donors (Lipinski definition) is 1. The highest BCUT2D eigenvalue weighted by Gasteiger charge is 2.13. The predicted octanol–water partition coefficient (Wildman–Crippen LogP) is 2.85. The lowest BCUT2D eigenvalue weighted by Gasteiger charge is -2.12. The van der Waals surface area contributed by atoms with E-state index in [9.17, 15) is 4.79 Å². The van der Waals surface area contributed by atoms with E-state index >= 15 is 0 Å². The van der Waals surface area contributed by atoms with Crippen molar-refractivity contribution in [3.8, 4) is 0 Å². The molecule has 3 aromatic rings. The summed E-state index contributed by atoms with van der Waals surface area (Å²) in [4.78, 5) is 12.0. The van der Waals surface area contributed by atoms with Crippen molar-refractivity contribution in [2.45, 2.75) is 19.4 Å². The lowest BCUT2D eigenvalue weighted by atomic mass is 10.1. The summed E-state index contributed by atoms with van der Waals surface area (Å²) in [7, 11) is 0. The van der Waals surface area contributed by atoms with Crippen LogP contribution in [0, 0.1) is 0 Å². The molecule has 0 saturated carbocycles. The van der Waals surface area contributed by atoms with E-state index in [1.165, 1.54) is 0 Å². The van der Waals surface area contributed by atoms with E-state index in [1.54, 1.807) is 13.0 Å². The van der Waals surface area contributed by atoms with Gasteiger partial charge < -0.3 is 10.1 Å². The van der Waals surface area contributed by atoms with Crippen LogP contribution >= 0.6 is 0 Å². The van der Waals surface area contributed by atoms with Gasteiger partial charge in [0.05, 0.1) is 6.61 Å². The molecule has 0 unspecified atom stereocenters. The Morgan fingerprint density at radius 2 is 2.08 bits per heavy atom. The molecule has 0 fully saturated rings. The number of ether oxygens (including phenoxy) is 1. The summed E-state index contributed by atoms with van der Waals surface area (Å²) < 4.78 is 7.28. The fourth-order valence-corrected chi connectivity index (χ4v) is 2.43. The molecular formula is C19H20N4O2. The van der Waals surface area contributed by atoms with Crippen molar-refractivity contribution < 1.29 is 9.53 Å². The zero-order valence-electron chi connectivity index (χ0n) is 14.1. The van der Waals surface area contributed by atoms with E-state index in [1.807, 2.05) is 53.1 Å². The Kier molecular flexibility index (Phi) is 5.20.